The summed E-state index contributed by atoms with van der Waals surface area (Å²) in [5.74, 6) is -0.186. The molecule has 0 bridgehead atoms. The number of Topliss-reactive ketones (excluding diaryl/α,β-unsaturated/α-hetero) is 1. The van der Waals surface area contributed by atoms with Gasteiger partial charge in [-0.25, -0.2) is 0 Å². The first-order valence-electron chi connectivity index (χ1n) is 3.41. The third kappa shape index (κ3) is 2.20. The second-order valence-electron chi connectivity index (χ2n) is 2.07. The fourth-order valence-corrected chi connectivity index (χ4v) is 0.722. The molecule has 0 spiro atoms. The highest BCUT2D eigenvalue weighted by atomic mass is 16.6. The van der Waals surface area contributed by atoms with Crippen molar-refractivity contribution in [3.05, 3.63) is 35.9 Å². The molecule has 1 rings (SSSR count). The van der Waals surface area contributed by atoms with E-state index in [2.05, 4.69) is 16.1 Å². The third-order valence-electron chi connectivity index (χ3n) is 1.27. The van der Waals surface area contributed by atoms with Crippen molar-refractivity contribution in [1.29, 1.82) is 0 Å². The van der Waals surface area contributed by atoms with E-state index >= 15 is 0 Å². The Morgan fingerprint density at radius 3 is 3.17 bits per heavy atom. The predicted octanol–water partition coefficient (Wildman–Crippen LogP) is 1.30. The van der Waals surface area contributed by atoms with Crippen LogP contribution < -0.4 is 0 Å². The molecule has 1 aromatic rings. The van der Waals surface area contributed by atoms with Gasteiger partial charge in [0.25, 0.3) is 0 Å². The van der Waals surface area contributed by atoms with Crippen LogP contribution in [0.15, 0.2) is 29.4 Å². The number of rotatable bonds is 3. The number of carbonyl (C=O) groups excluding carboxylic acids is 1. The average Bonchev–Trinajstić information content (AvgIpc) is 2.15. The summed E-state index contributed by atoms with van der Waals surface area (Å²) in [7, 11) is 1.39. The van der Waals surface area contributed by atoms with Crippen molar-refractivity contribution < 1.29 is 9.63 Å². The molecule has 1 aromatic carbocycles. The van der Waals surface area contributed by atoms with Gasteiger partial charge in [-0.3, -0.25) is 4.79 Å². The molecular weight excluding hydrogens is 154 g/mol. The molecule has 0 aliphatic heterocycles. The van der Waals surface area contributed by atoms with E-state index in [1.165, 1.54) is 7.11 Å². The van der Waals surface area contributed by atoms with Crippen LogP contribution in [0.25, 0.3) is 0 Å². The van der Waals surface area contributed by atoms with E-state index in [-0.39, 0.29) is 5.78 Å². The number of benzene rings is 1. The number of hydrogen-bond acceptors (Lipinski definition) is 3. The van der Waals surface area contributed by atoms with E-state index in [0.717, 1.165) is 6.21 Å². The van der Waals surface area contributed by atoms with Crippen molar-refractivity contribution in [2.75, 3.05) is 7.11 Å². The molecule has 0 amide bonds. The first kappa shape index (κ1) is 8.46. The Balaban J connectivity index is 2.72. The van der Waals surface area contributed by atoms with Gasteiger partial charge in [0, 0.05) is 5.56 Å². The molecule has 0 aliphatic rings. The summed E-state index contributed by atoms with van der Waals surface area (Å²) in [4.78, 5) is 15.5. The van der Waals surface area contributed by atoms with Crippen LogP contribution in [0.4, 0.5) is 0 Å². The maximum atomic E-state index is 11.2. The molecule has 0 atom stereocenters. The second-order valence-corrected chi connectivity index (χ2v) is 2.07. The largest absolute Gasteiger partial charge is 0.399 e. The summed E-state index contributed by atoms with van der Waals surface area (Å²) < 4.78 is 0. The Morgan fingerprint density at radius 2 is 2.58 bits per heavy atom. The lowest BCUT2D eigenvalue weighted by molar-refractivity contribution is 0.106. The van der Waals surface area contributed by atoms with Crippen LogP contribution >= 0.6 is 0 Å². The lowest BCUT2D eigenvalue weighted by Gasteiger charge is -1.91. The third-order valence-corrected chi connectivity index (χ3v) is 1.27. The van der Waals surface area contributed by atoms with E-state index in [1.807, 2.05) is 0 Å². The van der Waals surface area contributed by atoms with Crippen LogP contribution in [0.1, 0.15) is 10.4 Å². The topological polar surface area (TPSA) is 38.7 Å². The zero-order chi connectivity index (χ0) is 8.81. The van der Waals surface area contributed by atoms with Gasteiger partial charge in [0.05, 0.1) is 0 Å². The van der Waals surface area contributed by atoms with E-state index in [0.29, 0.717) is 5.56 Å². The predicted molar refractivity (Wildman–Crippen MR) is 45.1 cm³/mol. The molecule has 0 aromatic heterocycles. The number of hydrogen-bond donors (Lipinski definition) is 0. The van der Waals surface area contributed by atoms with Gasteiger partial charge in [0.15, 0.2) is 0 Å². The van der Waals surface area contributed by atoms with Gasteiger partial charge in [-0.2, -0.15) is 0 Å². The molecule has 0 fully saturated rings. The van der Waals surface area contributed by atoms with Gasteiger partial charge < -0.3 is 4.84 Å². The molecule has 3 nitrogen and oxygen atoms in total. The molecule has 0 heterocycles. The fraction of sp³-hybridized carbons (Fsp3) is 0.111. The summed E-state index contributed by atoms with van der Waals surface area (Å²) in [5, 5.41) is 3.36. The summed E-state index contributed by atoms with van der Waals surface area (Å²) in [6, 6.07) is 9.56. The summed E-state index contributed by atoms with van der Waals surface area (Å²) in [6.07, 6.45) is 1.13. The van der Waals surface area contributed by atoms with Crippen molar-refractivity contribution in [2.24, 2.45) is 5.16 Å². The van der Waals surface area contributed by atoms with E-state index in [1.54, 1.807) is 24.3 Å². The number of nitrogens with zero attached hydrogens (tertiary/aromatic N) is 1. The van der Waals surface area contributed by atoms with Crippen LogP contribution in [0.2, 0.25) is 0 Å². The molecule has 3 heteroatoms. The highest BCUT2D eigenvalue weighted by Crippen LogP contribution is 1.97. The number of oxime groups is 1. The van der Waals surface area contributed by atoms with Gasteiger partial charge in [-0.05, 0) is 12.1 Å². The zero-order valence-electron chi connectivity index (χ0n) is 6.65. The first-order chi connectivity index (χ1) is 5.84. The SMILES string of the molecule is CON=CC(=O)c1c[c]ccc1. The minimum atomic E-state index is -0.186. The first-order valence-corrected chi connectivity index (χ1v) is 3.41. The van der Waals surface area contributed by atoms with Crippen molar-refractivity contribution >= 4 is 12.0 Å². The quantitative estimate of drug-likeness (QED) is 0.381. The van der Waals surface area contributed by atoms with Crippen LogP contribution in [0.3, 0.4) is 0 Å². The smallest absolute Gasteiger partial charge is 0.207 e. The van der Waals surface area contributed by atoms with Crippen LogP contribution in [-0.4, -0.2) is 19.1 Å². The van der Waals surface area contributed by atoms with Gasteiger partial charge in [0.1, 0.15) is 13.3 Å². The molecule has 12 heavy (non-hydrogen) atoms. The number of ketones is 1. The maximum absolute atomic E-state index is 11.2. The van der Waals surface area contributed by atoms with E-state index < -0.39 is 0 Å². The normalized spacial score (nSPS) is 10.1. The molecular formula is C9H8NO2. The lowest BCUT2D eigenvalue weighted by atomic mass is 10.1. The summed E-state index contributed by atoms with van der Waals surface area (Å²) in [5.41, 5.74) is 0.554. The van der Waals surface area contributed by atoms with Crippen LogP contribution in [0, 0.1) is 6.07 Å². The van der Waals surface area contributed by atoms with Gasteiger partial charge in [-0.15, -0.1) is 0 Å². The van der Waals surface area contributed by atoms with Crippen molar-refractivity contribution in [3.63, 3.8) is 0 Å². The Morgan fingerprint density at radius 1 is 1.75 bits per heavy atom. The van der Waals surface area contributed by atoms with Crippen molar-refractivity contribution in [2.45, 2.75) is 0 Å². The van der Waals surface area contributed by atoms with Gasteiger partial charge in [0.2, 0.25) is 5.78 Å². The molecule has 0 unspecified atom stereocenters. The van der Waals surface area contributed by atoms with Crippen molar-refractivity contribution in [3.8, 4) is 0 Å². The summed E-state index contributed by atoms with van der Waals surface area (Å²) in [6.45, 7) is 0. The van der Waals surface area contributed by atoms with E-state index in [9.17, 15) is 4.79 Å². The Bertz CT molecular complexity index is 280. The fourth-order valence-electron chi connectivity index (χ4n) is 0.722. The lowest BCUT2D eigenvalue weighted by Crippen LogP contribution is -1.99. The molecule has 1 radical (unpaired) electrons. The van der Waals surface area contributed by atoms with E-state index in [4.69, 9.17) is 0 Å². The molecule has 0 aliphatic carbocycles. The Labute approximate surface area is 70.7 Å². The second kappa shape index (κ2) is 4.28. The highest BCUT2D eigenvalue weighted by molar-refractivity contribution is 6.35. The van der Waals surface area contributed by atoms with Gasteiger partial charge >= 0.3 is 0 Å². The number of carbonyl (C=O) groups is 1. The van der Waals surface area contributed by atoms with Crippen LogP contribution in [0.5, 0.6) is 0 Å². The van der Waals surface area contributed by atoms with Gasteiger partial charge in [-0.1, -0.05) is 23.4 Å². The molecule has 61 valence electrons. The Hall–Kier alpha value is -1.64. The standard InChI is InChI=1S/C9H8NO2/c1-12-10-7-9(11)8-5-3-2-4-6-8/h2-3,5-7H,1H3. The Kier molecular flexibility index (Phi) is 3.02. The monoisotopic (exact) mass is 162 g/mol. The summed E-state index contributed by atoms with van der Waals surface area (Å²) >= 11 is 0. The minimum absolute atomic E-state index is 0.186. The highest BCUT2D eigenvalue weighted by Gasteiger charge is 1.99. The maximum Gasteiger partial charge on any atom is 0.207 e. The van der Waals surface area contributed by atoms with Crippen LogP contribution in [-0.2, 0) is 4.84 Å². The minimum Gasteiger partial charge on any atom is -0.399 e. The zero-order valence-corrected chi connectivity index (χ0v) is 6.65. The van der Waals surface area contributed by atoms with Crippen molar-refractivity contribution in [1.82, 2.24) is 0 Å². The molecule has 0 N–H and O–H groups in total. The molecule has 0 saturated heterocycles. The average molecular weight is 162 g/mol. The molecule has 0 saturated carbocycles.